The normalized spacial score (nSPS) is 20.2. The SMILES string of the molecule is O=C(CN1C(=O)[C@@H]2CCCCN2c2ccc(C(=O)N3CCCCC3)cc21)Nc1cccnc1. The van der Waals surface area contributed by atoms with Crippen molar-refractivity contribution in [1.29, 1.82) is 0 Å². The molecule has 1 atom stereocenters. The van der Waals surface area contributed by atoms with E-state index in [1.54, 1.807) is 35.5 Å². The van der Waals surface area contributed by atoms with Crippen molar-refractivity contribution >= 4 is 34.8 Å². The molecule has 33 heavy (non-hydrogen) atoms. The second kappa shape index (κ2) is 9.21. The zero-order valence-corrected chi connectivity index (χ0v) is 18.7. The highest BCUT2D eigenvalue weighted by Gasteiger charge is 2.40. The first-order chi connectivity index (χ1) is 16.1. The number of likely N-dealkylation sites (tertiary alicyclic amines) is 1. The summed E-state index contributed by atoms with van der Waals surface area (Å²) in [5, 5.41) is 2.82. The Labute approximate surface area is 193 Å². The van der Waals surface area contributed by atoms with Crippen LogP contribution in [0, 0.1) is 0 Å². The average Bonchev–Trinajstić information content (AvgIpc) is 2.87. The third kappa shape index (κ3) is 4.29. The van der Waals surface area contributed by atoms with Gasteiger partial charge in [0, 0.05) is 31.4 Å². The minimum Gasteiger partial charge on any atom is -0.358 e. The molecule has 2 fully saturated rings. The molecule has 5 rings (SSSR count). The molecule has 0 saturated carbocycles. The van der Waals surface area contributed by atoms with Crippen LogP contribution in [0.1, 0.15) is 48.9 Å². The van der Waals surface area contributed by atoms with Gasteiger partial charge in [-0.1, -0.05) is 0 Å². The highest BCUT2D eigenvalue weighted by Crippen LogP contribution is 2.40. The Morgan fingerprint density at radius 3 is 2.61 bits per heavy atom. The van der Waals surface area contributed by atoms with Gasteiger partial charge in [0.15, 0.2) is 0 Å². The van der Waals surface area contributed by atoms with Crippen LogP contribution in [-0.4, -0.2) is 59.8 Å². The number of carbonyl (C=O) groups is 3. The summed E-state index contributed by atoms with van der Waals surface area (Å²) < 4.78 is 0. The minimum atomic E-state index is -0.292. The van der Waals surface area contributed by atoms with Gasteiger partial charge >= 0.3 is 0 Å². The second-order valence-corrected chi connectivity index (χ2v) is 8.98. The van der Waals surface area contributed by atoms with Gasteiger partial charge in [0.1, 0.15) is 12.6 Å². The molecule has 8 nitrogen and oxygen atoms in total. The molecule has 0 aliphatic carbocycles. The molecule has 3 aliphatic heterocycles. The fourth-order valence-electron chi connectivity index (χ4n) is 5.11. The van der Waals surface area contributed by atoms with Crippen molar-refractivity contribution in [3.63, 3.8) is 0 Å². The van der Waals surface area contributed by atoms with Crippen molar-refractivity contribution in [3.8, 4) is 0 Å². The average molecular weight is 448 g/mol. The van der Waals surface area contributed by atoms with Crippen molar-refractivity contribution in [2.75, 3.05) is 41.3 Å². The number of carbonyl (C=O) groups excluding carboxylic acids is 3. The molecular weight excluding hydrogens is 418 g/mol. The Balaban J connectivity index is 1.45. The van der Waals surface area contributed by atoms with Crippen LogP contribution in [0.25, 0.3) is 0 Å². The summed E-state index contributed by atoms with van der Waals surface area (Å²) >= 11 is 0. The van der Waals surface area contributed by atoms with E-state index in [0.717, 1.165) is 63.8 Å². The van der Waals surface area contributed by atoms with Gasteiger partial charge in [-0.05, 0) is 68.9 Å². The zero-order valence-electron chi connectivity index (χ0n) is 18.7. The molecule has 1 N–H and O–H groups in total. The molecule has 0 bridgehead atoms. The van der Waals surface area contributed by atoms with E-state index in [2.05, 4.69) is 15.2 Å². The number of hydrogen-bond acceptors (Lipinski definition) is 5. The number of fused-ring (bicyclic) bond motifs is 3. The number of aromatic nitrogens is 1. The van der Waals surface area contributed by atoms with E-state index >= 15 is 0 Å². The molecular formula is C25H29N5O3. The van der Waals surface area contributed by atoms with Crippen molar-refractivity contribution in [2.24, 2.45) is 0 Å². The molecule has 1 aromatic heterocycles. The summed E-state index contributed by atoms with van der Waals surface area (Å²) in [4.78, 5) is 49.1. The van der Waals surface area contributed by atoms with Crippen LogP contribution in [0.4, 0.5) is 17.1 Å². The van der Waals surface area contributed by atoms with Crippen molar-refractivity contribution in [2.45, 2.75) is 44.6 Å². The first-order valence-electron chi connectivity index (χ1n) is 11.8. The third-order valence-corrected chi connectivity index (χ3v) is 6.77. The fraction of sp³-hybridized carbons (Fsp3) is 0.440. The van der Waals surface area contributed by atoms with E-state index < -0.39 is 0 Å². The number of rotatable bonds is 4. The van der Waals surface area contributed by atoms with Crippen LogP contribution in [-0.2, 0) is 9.59 Å². The fourth-order valence-corrected chi connectivity index (χ4v) is 5.11. The summed E-state index contributed by atoms with van der Waals surface area (Å²) in [6.07, 6.45) is 9.19. The van der Waals surface area contributed by atoms with Crippen LogP contribution < -0.4 is 15.1 Å². The number of amides is 3. The Bertz CT molecular complexity index is 1050. The lowest BCUT2D eigenvalue weighted by Crippen LogP contribution is -2.56. The zero-order chi connectivity index (χ0) is 22.8. The van der Waals surface area contributed by atoms with E-state index in [4.69, 9.17) is 0 Å². The molecule has 1 aromatic carbocycles. The second-order valence-electron chi connectivity index (χ2n) is 8.98. The van der Waals surface area contributed by atoms with E-state index in [9.17, 15) is 14.4 Å². The maximum absolute atomic E-state index is 13.5. The smallest absolute Gasteiger partial charge is 0.253 e. The van der Waals surface area contributed by atoms with E-state index in [1.807, 2.05) is 17.0 Å². The van der Waals surface area contributed by atoms with Crippen molar-refractivity contribution in [3.05, 3.63) is 48.3 Å². The third-order valence-electron chi connectivity index (χ3n) is 6.77. The Morgan fingerprint density at radius 1 is 1.00 bits per heavy atom. The maximum Gasteiger partial charge on any atom is 0.253 e. The topological polar surface area (TPSA) is 85.9 Å². The Morgan fingerprint density at radius 2 is 1.82 bits per heavy atom. The summed E-state index contributed by atoms with van der Waals surface area (Å²) in [5.74, 6) is -0.379. The van der Waals surface area contributed by atoms with E-state index in [1.165, 1.54) is 0 Å². The van der Waals surface area contributed by atoms with Crippen LogP contribution in [0.5, 0.6) is 0 Å². The van der Waals surface area contributed by atoms with E-state index in [-0.39, 0.29) is 30.3 Å². The minimum absolute atomic E-state index is 0.00882. The van der Waals surface area contributed by atoms with Gasteiger partial charge in [-0.3, -0.25) is 24.3 Å². The Kier molecular flexibility index (Phi) is 5.98. The highest BCUT2D eigenvalue weighted by molar-refractivity contribution is 6.11. The molecule has 4 heterocycles. The quantitative estimate of drug-likeness (QED) is 0.779. The lowest BCUT2D eigenvalue weighted by atomic mass is 9.95. The van der Waals surface area contributed by atoms with Gasteiger partial charge in [-0.2, -0.15) is 0 Å². The molecule has 3 aliphatic rings. The molecule has 0 spiro atoms. The maximum atomic E-state index is 13.5. The van der Waals surface area contributed by atoms with Crippen LogP contribution >= 0.6 is 0 Å². The van der Waals surface area contributed by atoms with Gasteiger partial charge in [-0.15, -0.1) is 0 Å². The summed E-state index contributed by atoms with van der Waals surface area (Å²) in [7, 11) is 0. The van der Waals surface area contributed by atoms with Crippen LogP contribution in [0.3, 0.4) is 0 Å². The number of nitrogens with zero attached hydrogens (tertiary/aromatic N) is 4. The van der Waals surface area contributed by atoms with Gasteiger partial charge in [0.2, 0.25) is 11.8 Å². The van der Waals surface area contributed by atoms with Gasteiger partial charge < -0.3 is 15.1 Å². The molecule has 0 radical (unpaired) electrons. The highest BCUT2D eigenvalue weighted by atomic mass is 16.2. The first kappa shape index (κ1) is 21.4. The number of pyridine rings is 1. The van der Waals surface area contributed by atoms with E-state index in [0.29, 0.717) is 16.9 Å². The molecule has 3 amide bonds. The first-order valence-corrected chi connectivity index (χ1v) is 11.8. The lowest BCUT2D eigenvalue weighted by molar-refractivity contribution is -0.123. The van der Waals surface area contributed by atoms with Crippen LogP contribution in [0.2, 0.25) is 0 Å². The predicted molar refractivity (Wildman–Crippen MR) is 126 cm³/mol. The molecule has 2 aromatic rings. The van der Waals surface area contributed by atoms with Crippen molar-refractivity contribution < 1.29 is 14.4 Å². The van der Waals surface area contributed by atoms with Gasteiger partial charge in [0.25, 0.3) is 5.91 Å². The summed E-state index contributed by atoms with van der Waals surface area (Å²) in [6.45, 7) is 2.23. The lowest BCUT2D eigenvalue weighted by Gasteiger charge is -2.45. The molecule has 0 unspecified atom stereocenters. The molecule has 8 heteroatoms. The largest absolute Gasteiger partial charge is 0.358 e. The molecule has 172 valence electrons. The number of piperidine rings is 2. The monoisotopic (exact) mass is 447 g/mol. The van der Waals surface area contributed by atoms with Crippen molar-refractivity contribution in [1.82, 2.24) is 9.88 Å². The number of nitrogens with one attached hydrogen (secondary N) is 1. The Hall–Kier alpha value is -3.42. The molecule has 2 saturated heterocycles. The summed E-state index contributed by atoms with van der Waals surface area (Å²) in [5.41, 5.74) is 2.71. The predicted octanol–water partition coefficient (Wildman–Crippen LogP) is 3.05. The standard InChI is InChI=1S/C25H29N5O3/c31-23(27-19-7-6-11-26-16-19)17-30-22-15-18(24(32)28-12-3-1-4-13-28)9-10-20(22)29-14-5-2-8-21(29)25(30)33/h6-7,9-11,15-16,21H,1-5,8,12-14,17H2,(H,27,31)/t21-/m0/s1. The van der Waals surface area contributed by atoms with Crippen LogP contribution in [0.15, 0.2) is 42.7 Å². The van der Waals surface area contributed by atoms with Gasteiger partial charge in [0.05, 0.1) is 23.3 Å². The number of benzene rings is 1. The number of hydrogen-bond donors (Lipinski definition) is 1. The van der Waals surface area contributed by atoms with Gasteiger partial charge in [-0.25, -0.2) is 0 Å². The number of anilines is 3. The summed E-state index contributed by atoms with van der Waals surface area (Å²) in [6, 6.07) is 8.85.